The summed E-state index contributed by atoms with van der Waals surface area (Å²) < 4.78 is 0. The van der Waals surface area contributed by atoms with Crippen LogP contribution in [0.2, 0.25) is 0 Å². The fourth-order valence-corrected chi connectivity index (χ4v) is 9.47. The summed E-state index contributed by atoms with van der Waals surface area (Å²) in [7, 11) is 0. The van der Waals surface area contributed by atoms with Gasteiger partial charge in [-0.2, -0.15) is 0 Å². The molecule has 2 bridgehead atoms. The molecular weight excluding hydrogens is 755 g/mol. The van der Waals surface area contributed by atoms with Crippen LogP contribution in [0.1, 0.15) is 45.2 Å². The first-order valence-electron chi connectivity index (χ1n) is 21.1. The third-order valence-electron chi connectivity index (χ3n) is 12.3. The lowest BCUT2D eigenvalue weighted by atomic mass is 9.60. The predicted octanol–water partition coefficient (Wildman–Crippen LogP) is 13.3. The van der Waals surface area contributed by atoms with Gasteiger partial charge in [0.2, 0.25) is 0 Å². The SMILES string of the molecule is c1ccc(-c2cc(-c3ccc4c(c3)C3c5ccccc5C4c4cc(-c5nc(-c6ccccc6)nc(-c6ccccc6-c6ccccc6)n5)ccc43)nc(-c3ccccc3)n2)cc1. The second-order valence-corrected chi connectivity index (χ2v) is 16.0. The molecular formula is C57H37N5. The van der Waals surface area contributed by atoms with Crippen molar-refractivity contribution in [3.63, 3.8) is 0 Å². The Balaban J connectivity index is 0.993. The van der Waals surface area contributed by atoms with Crippen LogP contribution in [-0.2, 0) is 0 Å². The molecule has 8 aromatic carbocycles. The Morgan fingerprint density at radius 3 is 1.19 bits per heavy atom. The molecule has 2 atom stereocenters. The molecule has 2 unspecified atom stereocenters. The van der Waals surface area contributed by atoms with Crippen molar-refractivity contribution in [2.45, 2.75) is 11.8 Å². The Morgan fingerprint density at radius 2 is 0.613 bits per heavy atom. The monoisotopic (exact) mass is 791 g/mol. The van der Waals surface area contributed by atoms with Crippen LogP contribution in [0, 0.1) is 0 Å². The van der Waals surface area contributed by atoms with E-state index in [9.17, 15) is 0 Å². The summed E-state index contributed by atoms with van der Waals surface area (Å²) in [6.45, 7) is 0. The summed E-state index contributed by atoms with van der Waals surface area (Å²) in [5, 5.41) is 0. The van der Waals surface area contributed by atoms with Crippen LogP contribution >= 0.6 is 0 Å². The minimum atomic E-state index is 0.0501. The average molecular weight is 792 g/mol. The van der Waals surface area contributed by atoms with Gasteiger partial charge in [0.15, 0.2) is 23.3 Å². The van der Waals surface area contributed by atoms with Crippen molar-refractivity contribution in [3.05, 3.63) is 246 Å². The Kier molecular flexibility index (Phi) is 8.56. The summed E-state index contributed by atoms with van der Waals surface area (Å²) in [6, 6.07) is 74.5. The maximum atomic E-state index is 5.25. The number of hydrogen-bond acceptors (Lipinski definition) is 5. The number of aromatic nitrogens is 5. The van der Waals surface area contributed by atoms with E-state index in [0.717, 1.165) is 55.9 Å². The molecule has 0 spiro atoms. The Bertz CT molecular complexity index is 3240. The van der Waals surface area contributed by atoms with Gasteiger partial charge in [0.05, 0.1) is 11.4 Å². The summed E-state index contributed by atoms with van der Waals surface area (Å²) in [5.74, 6) is 2.76. The maximum absolute atomic E-state index is 5.25. The number of rotatable bonds is 7. The van der Waals surface area contributed by atoms with E-state index in [1.807, 2.05) is 48.5 Å². The molecule has 62 heavy (non-hydrogen) atoms. The van der Waals surface area contributed by atoms with E-state index in [1.54, 1.807) is 0 Å². The molecule has 0 aliphatic heterocycles. The van der Waals surface area contributed by atoms with Gasteiger partial charge in [-0.15, -0.1) is 0 Å². The highest BCUT2D eigenvalue weighted by atomic mass is 15.0. The summed E-state index contributed by atoms with van der Waals surface area (Å²) >= 11 is 0. The summed E-state index contributed by atoms with van der Waals surface area (Å²) in [6.07, 6.45) is 0. The van der Waals surface area contributed by atoms with E-state index in [0.29, 0.717) is 23.3 Å². The Morgan fingerprint density at radius 1 is 0.226 bits per heavy atom. The molecule has 2 aromatic heterocycles. The first-order valence-corrected chi connectivity index (χ1v) is 21.1. The quantitative estimate of drug-likeness (QED) is 0.161. The zero-order valence-corrected chi connectivity index (χ0v) is 33.6. The zero-order valence-electron chi connectivity index (χ0n) is 33.6. The van der Waals surface area contributed by atoms with Gasteiger partial charge >= 0.3 is 0 Å². The van der Waals surface area contributed by atoms with E-state index in [-0.39, 0.29) is 11.8 Å². The van der Waals surface area contributed by atoms with Crippen molar-refractivity contribution in [1.29, 1.82) is 0 Å². The van der Waals surface area contributed by atoms with Crippen molar-refractivity contribution < 1.29 is 0 Å². The standard InChI is InChI=1S/C57H37N5/c1-5-17-36(18-6-1)42-25-13-16-28-47(42)57-61-55(39-23-11-4-12-24-39)60-56(62-57)41-30-32-46-49(34-41)53-44-27-15-14-26-43(44)52(46)48-33-40(29-31-45(48)53)51-35-50(37-19-7-2-8-20-37)58-54(59-51)38-21-9-3-10-22-38/h1-35,52-53H. The Hall–Kier alpha value is -8.15. The Labute approximate surface area is 360 Å². The fraction of sp³-hybridized carbons (Fsp3) is 0.0351. The van der Waals surface area contributed by atoms with E-state index in [4.69, 9.17) is 24.9 Å². The van der Waals surface area contributed by atoms with Gasteiger partial charge in [0.25, 0.3) is 0 Å². The molecule has 0 fully saturated rings. The second-order valence-electron chi connectivity index (χ2n) is 16.0. The zero-order chi connectivity index (χ0) is 41.0. The van der Waals surface area contributed by atoms with Crippen LogP contribution in [0.3, 0.4) is 0 Å². The third-order valence-corrected chi connectivity index (χ3v) is 12.3. The molecule has 5 heteroatoms. The van der Waals surface area contributed by atoms with Crippen LogP contribution < -0.4 is 0 Å². The molecule has 0 saturated carbocycles. The highest BCUT2D eigenvalue weighted by Gasteiger charge is 2.41. The lowest BCUT2D eigenvalue weighted by Gasteiger charge is -2.42. The minimum absolute atomic E-state index is 0.0501. The average Bonchev–Trinajstić information content (AvgIpc) is 3.36. The van der Waals surface area contributed by atoms with Gasteiger partial charge in [0.1, 0.15) is 0 Å². The maximum Gasteiger partial charge on any atom is 0.164 e. The first kappa shape index (κ1) is 35.8. The number of hydrogen-bond donors (Lipinski definition) is 0. The van der Waals surface area contributed by atoms with Gasteiger partial charge in [-0.1, -0.05) is 194 Å². The van der Waals surface area contributed by atoms with Crippen LogP contribution in [0.5, 0.6) is 0 Å². The fourth-order valence-electron chi connectivity index (χ4n) is 9.47. The smallest absolute Gasteiger partial charge is 0.164 e. The van der Waals surface area contributed by atoms with E-state index in [2.05, 4.69) is 164 Å². The van der Waals surface area contributed by atoms with Crippen molar-refractivity contribution in [1.82, 2.24) is 24.9 Å². The lowest BCUT2D eigenvalue weighted by Crippen LogP contribution is -2.27. The molecule has 3 aliphatic rings. The molecule has 2 heterocycles. The summed E-state index contributed by atoms with van der Waals surface area (Å²) in [5.41, 5.74) is 17.9. The van der Waals surface area contributed by atoms with Crippen molar-refractivity contribution in [2.75, 3.05) is 0 Å². The van der Waals surface area contributed by atoms with Gasteiger partial charge in [-0.05, 0) is 62.7 Å². The van der Waals surface area contributed by atoms with Crippen molar-refractivity contribution in [2.24, 2.45) is 0 Å². The van der Waals surface area contributed by atoms with Gasteiger partial charge in [0, 0.05) is 45.2 Å². The third kappa shape index (κ3) is 6.13. The molecule has 10 aromatic rings. The number of benzene rings is 8. The predicted molar refractivity (Wildman–Crippen MR) is 248 cm³/mol. The molecule has 290 valence electrons. The highest BCUT2D eigenvalue weighted by Crippen LogP contribution is 2.56. The molecule has 13 rings (SSSR count). The molecule has 3 aliphatic carbocycles. The van der Waals surface area contributed by atoms with Crippen LogP contribution in [0.4, 0.5) is 0 Å². The molecule has 0 saturated heterocycles. The normalized spacial score (nSPS) is 14.5. The molecule has 0 amide bonds. The van der Waals surface area contributed by atoms with Crippen LogP contribution in [0.25, 0.3) is 79.2 Å². The van der Waals surface area contributed by atoms with E-state index < -0.39 is 0 Å². The van der Waals surface area contributed by atoms with Gasteiger partial charge < -0.3 is 0 Å². The number of nitrogens with zero attached hydrogens (tertiary/aromatic N) is 5. The minimum Gasteiger partial charge on any atom is -0.228 e. The van der Waals surface area contributed by atoms with Gasteiger partial charge in [-0.25, -0.2) is 24.9 Å². The molecule has 0 radical (unpaired) electrons. The summed E-state index contributed by atoms with van der Waals surface area (Å²) in [4.78, 5) is 25.8. The molecule has 5 nitrogen and oxygen atoms in total. The van der Waals surface area contributed by atoms with E-state index in [1.165, 1.54) is 33.4 Å². The van der Waals surface area contributed by atoms with Gasteiger partial charge in [-0.3, -0.25) is 0 Å². The highest BCUT2D eigenvalue weighted by molar-refractivity contribution is 5.82. The lowest BCUT2D eigenvalue weighted by molar-refractivity contribution is 0.754. The first-order chi connectivity index (χ1) is 30.7. The largest absolute Gasteiger partial charge is 0.228 e. The van der Waals surface area contributed by atoms with Crippen LogP contribution in [0.15, 0.2) is 212 Å². The topological polar surface area (TPSA) is 64.5 Å². The second kappa shape index (κ2) is 14.8. The van der Waals surface area contributed by atoms with Crippen molar-refractivity contribution >= 4 is 0 Å². The van der Waals surface area contributed by atoms with Crippen molar-refractivity contribution in [3.8, 4) is 79.2 Å². The molecule has 0 N–H and O–H groups in total. The van der Waals surface area contributed by atoms with Crippen LogP contribution in [-0.4, -0.2) is 24.9 Å². The van der Waals surface area contributed by atoms with E-state index >= 15 is 0 Å².